The van der Waals surface area contributed by atoms with Crippen LogP contribution in [0.15, 0.2) is 60.8 Å². The second-order valence-corrected chi connectivity index (χ2v) is 6.39. The van der Waals surface area contributed by atoms with Crippen LogP contribution in [-0.2, 0) is 0 Å². The number of nitrogens with zero attached hydrogens (tertiary/aromatic N) is 3. The van der Waals surface area contributed by atoms with E-state index in [0.29, 0.717) is 33.3 Å². The van der Waals surface area contributed by atoms with E-state index in [1.807, 2.05) is 6.92 Å². The summed E-state index contributed by atoms with van der Waals surface area (Å²) in [5.41, 5.74) is 2.37. The van der Waals surface area contributed by atoms with Gasteiger partial charge in [0, 0.05) is 16.9 Å². The number of carbonyl (C=O) groups is 1. The van der Waals surface area contributed by atoms with Crippen LogP contribution in [0.25, 0.3) is 17.0 Å². The zero-order valence-corrected chi connectivity index (χ0v) is 15.0. The monoisotopic (exact) mass is 380 g/mol. The van der Waals surface area contributed by atoms with Gasteiger partial charge in [0.15, 0.2) is 11.5 Å². The number of aromatic nitrogens is 3. The van der Waals surface area contributed by atoms with Gasteiger partial charge in [0.2, 0.25) is 0 Å². The number of benzene rings is 2. The molecule has 2 aromatic heterocycles. The van der Waals surface area contributed by atoms with E-state index < -0.39 is 5.82 Å². The van der Waals surface area contributed by atoms with Gasteiger partial charge in [0.25, 0.3) is 5.91 Å². The summed E-state index contributed by atoms with van der Waals surface area (Å²) in [6, 6.07) is 14.9. The molecule has 134 valence electrons. The third kappa shape index (κ3) is 3.04. The number of anilines is 1. The Morgan fingerprint density at radius 1 is 1.07 bits per heavy atom. The van der Waals surface area contributed by atoms with Crippen LogP contribution < -0.4 is 5.32 Å². The van der Waals surface area contributed by atoms with Crippen molar-refractivity contribution in [3.8, 4) is 11.4 Å². The molecule has 0 aliphatic rings. The standard InChI is InChI=1S/C20H14ClFN4O/c1-12-15(21)8-4-10-17(12)23-20(27)14-7-5-11-26-18(24-25-19(14)26)13-6-2-3-9-16(13)22/h2-11H,1H3,(H,23,27). The van der Waals surface area contributed by atoms with Crippen molar-refractivity contribution in [3.63, 3.8) is 0 Å². The van der Waals surface area contributed by atoms with Crippen molar-refractivity contribution in [2.45, 2.75) is 6.92 Å². The Kier molecular flexibility index (Phi) is 4.33. The van der Waals surface area contributed by atoms with Gasteiger partial charge < -0.3 is 5.32 Å². The van der Waals surface area contributed by atoms with Gasteiger partial charge in [-0.15, -0.1) is 10.2 Å². The van der Waals surface area contributed by atoms with Crippen LogP contribution in [0.5, 0.6) is 0 Å². The van der Waals surface area contributed by atoms with Gasteiger partial charge in [0.1, 0.15) is 5.82 Å². The van der Waals surface area contributed by atoms with Crippen molar-refractivity contribution in [2.75, 3.05) is 5.32 Å². The van der Waals surface area contributed by atoms with Crippen molar-refractivity contribution in [1.82, 2.24) is 14.6 Å². The normalized spacial score (nSPS) is 10.9. The molecule has 0 saturated carbocycles. The maximum Gasteiger partial charge on any atom is 0.259 e. The maximum absolute atomic E-state index is 14.1. The van der Waals surface area contributed by atoms with E-state index in [1.165, 1.54) is 6.07 Å². The lowest BCUT2D eigenvalue weighted by Gasteiger charge is -2.10. The van der Waals surface area contributed by atoms with Crippen molar-refractivity contribution in [2.24, 2.45) is 0 Å². The van der Waals surface area contributed by atoms with Crippen LogP contribution in [0.3, 0.4) is 0 Å². The second-order valence-electron chi connectivity index (χ2n) is 5.99. The maximum atomic E-state index is 14.1. The van der Waals surface area contributed by atoms with Crippen LogP contribution in [-0.4, -0.2) is 20.5 Å². The molecule has 0 spiro atoms. The van der Waals surface area contributed by atoms with Crippen LogP contribution in [0.1, 0.15) is 15.9 Å². The predicted octanol–water partition coefficient (Wildman–Crippen LogP) is 4.75. The zero-order chi connectivity index (χ0) is 19.0. The van der Waals surface area contributed by atoms with Gasteiger partial charge in [0.05, 0.1) is 11.1 Å². The summed E-state index contributed by atoms with van der Waals surface area (Å²) in [7, 11) is 0. The molecule has 0 atom stereocenters. The highest BCUT2D eigenvalue weighted by atomic mass is 35.5. The Hall–Kier alpha value is -3.25. The number of hydrogen-bond acceptors (Lipinski definition) is 3. The lowest BCUT2D eigenvalue weighted by atomic mass is 10.1. The summed E-state index contributed by atoms with van der Waals surface area (Å²) in [4.78, 5) is 12.8. The zero-order valence-electron chi connectivity index (χ0n) is 14.3. The lowest BCUT2D eigenvalue weighted by Crippen LogP contribution is -2.14. The molecule has 1 N–H and O–H groups in total. The first-order chi connectivity index (χ1) is 13.1. The van der Waals surface area contributed by atoms with Gasteiger partial charge in [-0.05, 0) is 48.9 Å². The molecule has 7 heteroatoms. The van der Waals surface area contributed by atoms with Crippen molar-refractivity contribution in [3.05, 3.63) is 82.8 Å². The molecule has 0 radical (unpaired) electrons. The largest absolute Gasteiger partial charge is 0.322 e. The molecule has 27 heavy (non-hydrogen) atoms. The Labute approximate surface area is 159 Å². The number of pyridine rings is 1. The van der Waals surface area contributed by atoms with E-state index in [1.54, 1.807) is 59.1 Å². The van der Waals surface area contributed by atoms with E-state index in [-0.39, 0.29) is 5.91 Å². The number of carbonyl (C=O) groups excluding carboxylic acids is 1. The Morgan fingerprint density at radius 3 is 2.70 bits per heavy atom. The number of nitrogens with one attached hydrogen (secondary N) is 1. The van der Waals surface area contributed by atoms with Gasteiger partial charge >= 0.3 is 0 Å². The third-order valence-corrected chi connectivity index (χ3v) is 4.72. The topological polar surface area (TPSA) is 59.3 Å². The number of hydrogen-bond donors (Lipinski definition) is 1. The summed E-state index contributed by atoms with van der Waals surface area (Å²) in [6.07, 6.45) is 1.69. The first kappa shape index (κ1) is 17.2. The van der Waals surface area contributed by atoms with Crippen LogP contribution in [0, 0.1) is 12.7 Å². The van der Waals surface area contributed by atoms with Crippen molar-refractivity contribution >= 4 is 28.8 Å². The molecule has 1 amide bonds. The molecule has 4 aromatic rings. The minimum absolute atomic E-state index is 0.313. The molecule has 5 nitrogen and oxygen atoms in total. The molecular weight excluding hydrogens is 367 g/mol. The average Bonchev–Trinajstić information content (AvgIpc) is 3.10. The Bertz CT molecular complexity index is 1170. The molecule has 2 aromatic carbocycles. The number of fused-ring (bicyclic) bond motifs is 1. The van der Waals surface area contributed by atoms with Crippen molar-refractivity contribution < 1.29 is 9.18 Å². The Morgan fingerprint density at radius 2 is 1.89 bits per heavy atom. The molecule has 0 bridgehead atoms. The van der Waals surface area contributed by atoms with E-state index in [4.69, 9.17) is 11.6 Å². The summed E-state index contributed by atoms with van der Waals surface area (Å²) in [6.45, 7) is 1.83. The summed E-state index contributed by atoms with van der Waals surface area (Å²) in [5, 5.41) is 11.6. The highest BCUT2D eigenvalue weighted by Crippen LogP contribution is 2.25. The quantitative estimate of drug-likeness (QED) is 0.558. The SMILES string of the molecule is Cc1c(Cl)cccc1NC(=O)c1cccn2c(-c3ccccc3F)nnc12. The summed E-state index contributed by atoms with van der Waals surface area (Å²) < 4.78 is 15.7. The van der Waals surface area contributed by atoms with Crippen LogP contribution in [0.2, 0.25) is 5.02 Å². The Balaban J connectivity index is 1.76. The number of halogens is 2. The average molecular weight is 381 g/mol. The fourth-order valence-corrected chi connectivity index (χ4v) is 3.03. The van der Waals surface area contributed by atoms with E-state index in [9.17, 15) is 9.18 Å². The fourth-order valence-electron chi connectivity index (χ4n) is 2.85. The third-order valence-electron chi connectivity index (χ3n) is 4.31. The molecule has 0 aliphatic carbocycles. The number of amides is 1. The van der Waals surface area contributed by atoms with E-state index >= 15 is 0 Å². The van der Waals surface area contributed by atoms with Crippen LogP contribution >= 0.6 is 11.6 Å². The molecular formula is C20H14ClFN4O. The van der Waals surface area contributed by atoms with E-state index in [0.717, 1.165) is 5.56 Å². The highest BCUT2D eigenvalue weighted by molar-refractivity contribution is 6.31. The van der Waals surface area contributed by atoms with Gasteiger partial charge in [-0.3, -0.25) is 9.20 Å². The smallest absolute Gasteiger partial charge is 0.259 e. The van der Waals surface area contributed by atoms with Crippen molar-refractivity contribution in [1.29, 1.82) is 0 Å². The number of rotatable bonds is 3. The predicted molar refractivity (Wildman–Crippen MR) is 103 cm³/mol. The molecule has 0 aliphatic heterocycles. The van der Waals surface area contributed by atoms with Gasteiger partial charge in [-0.1, -0.05) is 29.8 Å². The van der Waals surface area contributed by atoms with Gasteiger partial charge in [-0.25, -0.2) is 4.39 Å². The van der Waals surface area contributed by atoms with Crippen LogP contribution in [0.4, 0.5) is 10.1 Å². The summed E-state index contributed by atoms with van der Waals surface area (Å²) >= 11 is 6.11. The fraction of sp³-hybridized carbons (Fsp3) is 0.0500. The first-order valence-corrected chi connectivity index (χ1v) is 8.59. The lowest BCUT2D eigenvalue weighted by molar-refractivity contribution is 0.102. The molecule has 0 saturated heterocycles. The highest BCUT2D eigenvalue weighted by Gasteiger charge is 2.18. The molecule has 2 heterocycles. The summed E-state index contributed by atoms with van der Waals surface area (Å²) in [5.74, 6) is -0.425. The minimum Gasteiger partial charge on any atom is -0.322 e. The second kappa shape index (κ2) is 6.81. The molecule has 0 unspecified atom stereocenters. The molecule has 4 rings (SSSR count). The molecule has 0 fully saturated rings. The minimum atomic E-state index is -0.406. The van der Waals surface area contributed by atoms with Gasteiger partial charge in [-0.2, -0.15) is 0 Å². The first-order valence-electron chi connectivity index (χ1n) is 8.21. The van der Waals surface area contributed by atoms with E-state index in [2.05, 4.69) is 15.5 Å².